The number of carbonyl (C=O) groups excluding carboxylic acids is 3. The van der Waals surface area contributed by atoms with Crippen LogP contribution in [0.5, 0.6) is 0 Å². The number of rotatable bonds is 6. The zero-order chi connectivity index (χ0) is 21.0. The van der Waals surface area contributed by atoms with E-state index in [9.17, 15) is 14.4 Å². The first-order valence-electron chi connectivity index (χ1n) is 9.64. The van der Waals surface area contributed by atoms with Gasteiger partial charge >= 0.3 is 17.9 Å². The highest BCUT2D eigenvalue weighted by Crippen LogP contribution is 2.41. The fourth-order valence-electron chi connectivity index (χ4n) is 4.01. The van der Waals surface area contributed by atoms with E-state index in [-0.39, 0.29) is 18.4 Å². The highest BCUT2D eigenvalue weighted by molar-refractivity contribution is 5.67. The van der Waals surface area contributed by atoms with E-state index >= 15 is 0 Å². The summed E-state index contributed by atoms with van der Waals surface area (Å²) in [7, 11) is 0. The van der Waals surface area contributed by atoms with Crippen molar-refractivity contribution in [2.24, 2.45) is 11.8 Å². The zero-order valence-corrected chi connectivity index (χ0v) is 16.7. The lowest BCUT2D eigenvalue weighted by atomic mass is 9.80. The van der Waals surface area contributed by atoms with Crippen LogP contribution in [0.1, 0.15) is 26.3 Å². The number of hydrogen-bond donors (Lipinski definition) is 0. The summed E-state index contributed by atoms with van der Waals surface area (Å²) in [5.74, 6) is -1.85. The van der Waals surface area contributed by atoms with E-state index in [0.29, 0.717) is 13.0 Å². The molecule has 2 saturated heterocycles. The quantitative estimate of drug-likeness (QED) is 0.520. The Morgan fingerprint density at radius 3 is 2.24 bits per heavy atom. The molecule has 0 bridgehead atoms. The third kappa shape index (κ3) is 5.33. The first kappa shape index (κ1) is 21.3. The van der Waals surface area contributed by atoms with E-state index in [1.165, 1.54) is 20.8 Å². The van der Waals surface area contributed by atoms with Gasteiger partial charge in [0.1, 0.15) is 18.8 Å². The summed E-state index contributed by atoms with van der Waals surface area (Å²) in [6.45, 7) is 4.12. The normalized spacial score (nSPS) is 30.9. The molecule has 3 rings (SSSR count). The highest BCUT2D eigenvalue weighted by atomic mass is 16.7. The Balaban J connectivity index is 1.86. The molecule has 2 aliphatic rings. The molecule has 0 aliphatic carbocycles. The minimum absolute atomic E-state index is 0.000478. The van der Waals surface area contributed by atoms with Gasteiger partial charge in [0, 0.05) is 20.8 Å². The van der Waals surface area contributed by atoms with Crippen molar-refractivity contribution in [3.8, 4) is 0 Å². The first-order chi connectivity index (χ1) is 13.8. The molecule has 8 nitrogen and oxygen atoms in total. The molecule has 0 N–H and O–H groups in total. The van der Waals surface area contributed by atoms with E-state index < -0.39 is 42.5 Å². The highest BCUT2D eigenvalue weighted by Gasteiger charge is 2.56. The summed E-state index contributed by atoms with van der Waals surface area (Å²) in [6, 6.07) is 9.90. The minimum Gasteiger partial charge on any atom is -0.463 e. The molecule has 8 heteroatoms. The van der Waals surface area contributed by atoms with Crippen molar-refractivity contribution in [3.63, 3.8) is 0 Å². The second kappa shape index (κ2) is 9.37. The number of ether oxygens (including phenoxy) is 5. The number of fused-ring (bicyclic) bond motifs is 1. The van der Waals surface area contributed by atoms with Crippen LogP contribution in [-0.2, 0) is 44.5 Å². The Morgan fingerprint density at radius 1 is 0.966 bits per heavy atom. The van der Waals surface area contributed by atoms with Crippen molar-refractivity contribution in [2.45, 2.75) is 51.8 Å². The molecule has 1 aromatic carbocycles. The molecule has 2 aliphatic heterocycles. The molecule has 29 heavy (non-hydrogen) atoms. The summed E-state index contributed by atoms with van der Waals surface area (Å²) in [5.41, 5.74) is 1.12. The van der Waals surface area contributed by atoms with E-state index in [1.54, 1.807) is 0 Å². The molecule has 0 amide bonds. The van der Waals surface area contributed by atoms with Crippen LogP contribution in [0.15, 0.2) is 30.3 Å². The van der Waals surface area contributed by atoms with Gasteiger partial charge in [-0.25, -0.2) is 0 Å². The second-order valence-electron chi connectivity index (χ2n) is 7.35. The molecule has 1 unspecified atom stereocenters. The van der Waals surface area contributed by atoms with E-state index in [0.717, 1.165) is 5.56 Å². The lowest BCUT2D eigenvalue weighted by Gasteiger charge is -2.43. The second-order valence-corrected chi connectivity index (χ2v) is 7.35. The van der Waals surface area contributed by atoms with Crippen LogP contribution in [0.3, 0.4) is 0 Å². The Bertz CT molecular complexity index is 733. The molecule has 0 spiro atoms. The Morgan fingerprint density at radius 2 is 1.62 bits per heavy atom. The molecule has 0 saturated carbocycles. The van der Waals surface area contributed by atoms with Crippen molar-refractivity contribution in [3.05, 3.63) is 35.9 Å². The van der Waals surface area contributed by atoms with E-state index in [2.05, 4.69) is 0 Å². The predicted molar refractivity (Wildman–Crippen MR) is 99.5 cm³/mol. The maximum atomic E-state index is 11.8. The van der Waals surface area contributed by atoms with Crippen molar-refractivity contribution in [2.75, 3.05) is 13.2 Å². The van der Waals surface area contributed by atoms with Crippen LogP contribution in [0.2, 0.25) is 0 Å². The van der Waals surface area contributed by atoms with Gasteiger partial charge < -0.3 is 23.7 Å². The summed E-state index contributed by atoms with van der Waals surface area (Å²) in [4.78, 5) is 34.8. The lowest BCUT2D eigenvalue weighted by molar-refractivity contribution is -0.270. The summed E-state index contributed by atoms with van der Waals surface area (Å²) >= 11 is 0. The van der Waals surface area contributed by atoms with Gasteiger partial charge in [-0.1, -0.05) is 30.3 Å². The number of esters is 3. The fourth-order valence-corrected chi connectivity index (χ4v) is 4.01. The lowest BCUT2D eigenvalue weighted by Crippen LogP contribution is -2.58. The van der Waals surface area contributed by atoms with Crippen molar-refractivity contribution < 1.29 is 38.1 Å². The van der Waals surface area contributed by atoms with Crippen LogP contribution < -0.4 is 0 Å². The molecule has 0 aromatic heterocycles. The van der Waals surface area contributed by atoms with Gasteiger partial charge in [-0.15, -0.1) is 0 Å². The molecule has 2 heterocycles. The monoisotopic (exact) mass is 406 g/mol. The SMILES string of the molecule is CC(=O)OC[C@H]1O[C@@H]2OCC(Cc3ccccc3)[C@@H]2[C@@H](OC(C)=O)[C@@H]1OC(C)=O. The summed E-state index contributed by atoms with van der Waals surface area (Å²) in [6.07, 6.45) is -2.43. The van der Waals surface area contributed by atoms with Crippen molar-refractivity contribution in [1.29, 1.82) is 0 Å². The maximum absolute atomic E-state index is 11.8. The van der Waals surface area contributed by atoms with Crippen LogP contribution >= 0.6 is 0 Å². The molecule has 158 valence electrons. The van der Waals surface area contributed by atoms with Gasteiger partial charge in [0.05, 0.1) is 12.5 Å². The molecular weight excluding hydrogens is 380 g/mol. The van der Waals surface area contributed by atoms with Gasteiger partial charge in [0.15, 0.2) is 12.4 Å². The minimum atomic E-state index is -0.906. The Labute approximate surface area is 169 Å². The standard InChI is InChI=1S/C21H26O8/c1-12(22)25-11-17-19(27-13(2)23)20(28-14(3)24)18-16(10-26-21(18)29-17)9-15-7-5-4-6-8-15/h4-8,16-21H,9-11H2,1-3H3/t16?,17-,18-,19-,20-,21+/m1/s1. The van der Waals surface area contributed by atoms with Gasteiger partial charge in [-0.05, 0) is 17.9 Å². The van der Waals surface area contributed by atoms with Crippen molar-refractivity contribution in [1.82, 2.24) is 0 Å². The summed E-state index contributed by atoms with van der Waals surface area (Å²) < 4.78 is 28.0. The molecule has 6 atom stereocenters. The zero-order valence-electron chi connectivity index (χ0n) is 16.7. The molecule has 1 aromatic rings. The van der Waals surface area contributed by atoms with Crippen LogP contribution in [0, 0.1) is 11.8 Å². The Hall–Kier alpha value is -2.45. The van der Waals surface area contributed by atoms with Gasteiger partial charge in [0.25, 0.3) is 0 Å². The van der Waals surface area contributed by atoms with E-state index in [1.807, 2.05) is 30.3 Å². The number of benzene rings is 1. The van der Waals surface area contributed by atoms with Gasteiger partial charge in [0.2, 0.25) is 0 Å². The van der Waals surface area contributed by atoms with Crippen LogP contribution in [0.4, 0.5) is 0 Å². The van der Waals surface area contributed by atoms with Crippen LogP contribution in [0.25, 0.3) is 0 Å². The van der Waals surface area contributed by atoms with Gasteiger partial charge in [-0.3, -0.25) is 14.4 Å². The van der Waals surface area contributed by atoms with Crippen molar-refractivity contribution >= 4 is 17.9 Å². The molecule has 0 radical (unpaired) electrons. The average molecular weight is 406 g/mol. The topological polar surface area (TPSA) is 97.4 Å². The fraction of sp³-hybridized carbons (Fsp3) is 0.571. The predicted octanol–water partition coefficient (Wildman–Crippen LogP) is 1.64. The third-order valence-corrected chi connectivity index (χ3v) is 5.11. The molecular formula is C21H26O8. The Kier molecular flexibility index (Phi) is 6.87. The smallest absolute Gasteiger partial charge is 0.303 e. The van der Waals surface area contributed by atoms with E-state index in [4.69, 9.17) is 23.7 Å². The average Bonchev–Trinajstić information content (AvgIpc) is 3.04. The molecule has 2 fully saturated rings. The first-order valence-corrected chi connectivity index (χ1v) is 9.64. The number of carbonyl (C=O) groups is 3. The maximum Gasteiger partial charge on any atom is 0.303 e. The number of hydrogen-bond acceptors (Lipinski definition) is 8. The summed E-state index contributed by atoms with van der Waals surface area (Å²) in [5, 5.41) is 0. The third-order valence-electron chi connectivity index (χ3n) is 5.11. The van der Waals surface area contributed by atoms with Crippen LogP contribution in [-0.4, -0.2) is 55.7 Å². The van der Waals surface area contributed by atoms with Gasteiger partial charge in [-0.2, -0.15) is 0 Å². The largest absolute Gasteiger partial charge is 0.463 e.